The summed E-state index contributed by atoms with van der Waals surface area (Å²) in [5, 5.41) is 13.0. The summed E-state index contributed by atoms with van der Waals surface area (Å²) in [5.41, 5.74) is 5.14. The number of amides is 2. The Morgan fingerprint density at radius 2 is 1.77 bits per heavy atom. The normalized spacial score (nSPS) is 10.2. The van der Waals surface area contributed by atoms with Crippen LogP contribution in [0.3, 0.4) is 0 Å². The Kier molecular flexibility index (Phi) is 8.24. The first kappa shape index (κ1) is 22.8. The number of non-ortho nitro benzene ring substituents is 1. The SMILES string of the molecule is CC(C)CCOc1cccc(C(=O)NC(=S)NNC(=O)c2ccc([N+](=O)[O-])cc2)c1. The number of hydrazine groups is 1. The quantitative estimate of drug-likeness (QED) is 0.351. The van der Waals surface area contributed by atoms with Crippen LogP contribution in [0.25, 0.3) is 0 Å². The highest BCUT2D eigenvalue weighted by molar-refractivity contribution is 7.80. The van der Waals surface area contributed by atoms with E-state index in [0.29, 0.717) is 23.8 Å². The molecule has 0 heterocycles. The molecule has 0 saturated heterocycles. The van der Waals surface area contributed by atoms with E-state index in [1.54, 1.807) is 24.3 Å². The van der Waals surface area contributed by atoms with Gasteiger partial charge < -0.3 is 4.74 Å². The van der Waals surface area contributed by atoms with Crippen molar-refractivity contribution in [3.63, 3.8) is 0 Å². The summed E-state index contributed by atoms with van der Waals surface area (Å²) in [4.78, 5) is 34.5. The molecule has 2 aromatic rings. The monoisotopic (exact) mass is 430 g/mol. The molecule has 0 aliphatic rings. The van der Waals surface area contributed by atoms with Crippen molar-refractivity contribution >= 4 is 34.8 Å². The van der Waals surface area contributed by atoms with Crippen molar-refractivity contribution in [3.05, 3.63) is 69.8 Å². The van der Waals surface area contributed by atoms with E-state index < -0.39 is 16.7 Å². The summed E-state index contributed by atoms with van der Waals surface area (Å²) in [6.07, 6.45) is 0.902. The largest absolute Gasteiger partial charge is 0.494 e. The number of carbonyl (C=O) groups excluding carboxylic acids is 2. The van der Waals surface area contributed by atoms with Crippen LogP contribution < -0.4 is 20.9 Å². The predicted octanol–water partition coefficient (Wildman–Crippen LogP) is 2.97. The molecule has 0 fully saturated rings. The van der Waals surface area contributed by atoms with Crippen LogP contribution in [0.15, 0.2) is 48.5 Å². The Balaban J connectivity index is 1.84. The fourth-order valence-electron chi connectivity index (χ4n) is 2.27. The van der Waals surface area contributed by atoms with E-state index in [2.05, 4.69) is 30.0 Å². The van der Waals surface area contributed by atoms with Crippen molar-refractivity contribution in [2.24, 2.45) is 5.92 Å². The van der Waals surface area contributed by atoms with Crippen molar-refractivity contribution < 1.29 is 19.2 Å². The topological polar surface area (TPSA) is 123 Å². The summed E-state index contributed by atoms with van der Waals surface area (Å²) < 4.78 is 5.64. The molecule has 0 saturated carbocycles. The van der Waals surface area contributed by atoms with E-state index in [1.165, 1.54) is 24.3 Å². The number of hydrogen-bond donors (Lipinski definition) is 3. The molecular weight excluding hydrogens is 408 g/mol. The van der Waals surface area contributed by atoms with Crippen LogP contribution in [-0.4, -0.2) is 28.5 Å². The first-order valence-corrected chi connectivity index (χ1v) is 9.56. The molecule has 0 aromatic heterocycles. The molecule has 0 spiro atoms. The summed E-state index contributed by atoms with van der Waals surface area (Å²) >= 11 is 5.01. The van der Waals surface area contributed by atoms with Gasteiger partial charge in [0.2, 0.25) is 0 Å². The number of nitro benzene ring substituents is 1. The molecule has 0 atom stereocenters. The van der Waals surface area contributed by atoms with Crippen molar-refractivity contribution in [3.8, 4) is 5.75 Å². The third-order valence-electron chi connectivity index (χ3n) is 3.92. The van der Waals surface area contributed by atoms with Gasteiger partial charge in [-0.25, -0.2) is 0 Å². The van der Waals surface area contributed by atoms with Gasteiger partial charge >= 0.3 is 0 Å². The zero-order valence-electron chi connectivity index (χ0n) is 16.5. The van der Waals surface area contributed by atoms with Gasteiger partial charge in [0.05, 0.1) is 11.5 Å². The average molecular weight is 430 g/mol. The second kappa shape index (κ2) is 10.9. The number of carbonyl (C=O) groups is 2. The van der Waals surface area contributed by atoms with Gasteiger partial charge in [0.25, 0.3) is 17.5 Å². The van der Waals surface area contributed by atoms with E-state index in [9.17, 15) is 19.7 Å². The number of ether oxygens (including phenoxy) is 1. The number of hydrogen-bond acceptors (Lipinski definition) is 6. The lowest BCUT2D eigenvalue weighted by atomic mass is 10.1. The van der Waals surface area contributed by atoms with E-state index >= 15 is 0 Å². The second-order valence-electron chi connectivity index (χ2n) is 6.73. The van der Waals surface area contributed by atoms with E-state index in [-0.39, 0.29) is 16.4 Å². The molecule has 158 valence electrons. The standard InChI is InChI=1S/C20H22N4O5S/c1-13(2)10-11-29-17-5-3-4-15(12-17)18(25)21-20(30)23-22-19(26)14-6-8-16(9-7-14)24(27)28/h3-9,12-13H,10-11H2,1-2H3,(H,22,26)(H2,21,23,25,30). The minimum absolute atomic E-state index is 0.110. The molecular formula is C20H22N4O5S. The van der Waals surface area contributed by atoms with Crippen molar-refractivity contribution in [1.82, 2.24) is 16.2 Å². The van der Waals surface area contributed by atoms with E-state index in [4.69, 9.17) is 17.0 Å². The maximum Gasteiger partial charge on any atom is 0.269 e. The zero-order valence-corrected chi connectivity index (χ0v) is 17.3. The lowest BCUT2D eigenvalue weighted by Gasteiger charge is -2.12. The van der Waals surface area contributed by atoms with Gasteiger partial charge in [-0.3, -0.25) is 35.9 Å². The molecule has 9 nitrogen and oxygen atoms in total. The lowest BCUT2D eigenvalue weighted by molar-refractivity contribution is -0.384. The molecule has 2 amide bonds. The van der Waals surface area contributed by atoms with Gasteiger partial charge in [-0.15, -0.1) is 0 Å². The van der Waals surface area contributed by atoms with Crippen LogP contribution in [0.1, 0.15) is 41.0 Å². The van der Waals surface area contributed by atoms with Crippen LogP contribution in [0.4, 0.5) is 5.69 Å². The van der Waals surface area contributed by atoms with Crippen LogP contribution >= 0.6 is 12.2 Å². The van der Waals surface area contributed by atoms with Crippen LogP contribution in [0.2, 0.25) is 0 Å². The van der Waals surface area contributed by atoms with Crippen molar-refractivity contribution in [2.45, 2.75) is 20.3 Å². The number of thiocarbonyl (C=S) groups is 1. The van der Waals surface area contributed by atoms with Gasteiger partial charge in [0.15, 0.2) is 5.11 Å². The predicted molar refractivity (Wildman–Crippen MR) is 115 cm³/mol. The maximum absolute atomic E-state index is 12.3. The third kappa shape index (κ3) is 7.13. The Labute approximate surface area is 178 Å². The number of nitro groups is 1. The number of nitrogens with zero attached hydrogens (tertiary/aromatic N) is 1. The zero-order chi connectivity index (χ0) is 22.1. The summed E-state index contributed by atoms with van der Waals surface area (Å²) in [6, 6.07) is 11.7. The van der Waals surface area contributed by atoms with Crippen molar-refractivity contribution in [2.75, 3.05) is 6.61 Å². The Morgan fingerprint density at radius 3 is 2.40 bits per heavy atom. The minimum Gasteiger partial charge on any atom is -0.494 e. The second-order valence-corrected chi connectivity index (χ2v) is 7.13. The summed E-state index contributed by atoms with van der Waals surface area (Å²) in [6.45, 7) is 4.75. The Morgan fingerprint density at radius 1 is 1.07 bits per heavy atom. The molecule has 0 bridgehead atoms. The highest BCUT2D eigenvalue weighted by Gasteiger charge is 2.12. The van der Waals surface area contributed by atoms with Crippen LogP contribution in [0.5, 0.6) is 5.75 Å². The Bertz CT molecular complexity index is 931. The highest BCUT2D eigenvalue weighted by Crippen LogP contribution is 2.14. The molecule has 0 radical (unpaired) electrons. The summed E-state index contributed by atoms with van der Waals surface area (Å²) in [7, 11) is 0. The first-order valence-electron chi connectivity index (χ1n) is 9.15. The van der Waals surface area contributed by atoms with Crippen molar-refractivity contribution in [1.29, 1.82) is 0 Å². The van der Waals surface area contributed by atoms with Gasteiger partial charge in [-0.05, 0) is 54.9 Å². The molecule has 2 aromatic carbocycles. The molecule has 2 rings (SSSR count). The molecule has 0 unspecified atom stereocenters. The van der Waals surface area contributed by atoms with E-state index in [0.717, 1.165) is 6.42 Å². The highest BCUT2D eigenvalue weighted by atomic mass is 32.1. The number of nitrogens with one attached hydrogen (secondary N) is 3. The number of rotatable bonds is 7. The molecule has 0 aliphatic heterocycles. The van der Waals surface area contributed by atoms with Gasteiger partial charge in [-0.2, -0.15) is 0 Å². The average Bonchev–Trinajstić information content (AvgIpc) is 2.72. The molecule has 0 aliphatic carbocycles. The summed E-state index contributed by atoms with van der Waals surface area (Å²) in [5.74, 6) is 0.0586. The Hall–Kier alpha value is -3.53. The van der Waals surface area contributed by atoms with Crippen LogP contribution in [0, 0.1) is 16.0 Å². The molecule has 30 heavy (non-hydrogen) atoms. The lowest BCUT2D eigenvalue weighted by Crippen LogP contribution is -2.48. The first-order chi connectivity index (χ1) is 14.3. The van der Waals surface area contributed by atoms with Gasteiger partial charge in [0.1, 0.15) is 5.75 Å². The fourth-order valence-corrected chi connectivity index (χ4v) is 2.41. The number of benzene rings is 2. The smallest absolute Gasteiger partial charge is 0.269 e. The maximum atomic E-state index is 12.3. The third-order valence-corrected chi connectivity index (χ3v) is 4.12. The van der Waals surface area contributed by atoms with Crippen LogP contribution in [-0.2, 0) is 0 Å². The minimum atomic E-state index is -0.568. The molecule has 3 N–H and O–H groups in total. The van der Waals surface area contributed by atoms with E-state index in [1.807, 2.05) is 0 Å². The fraction of sp³-hybridized carbons (Fsp3) is 0.250. The van der Waals surface area contributed by atoms with Gasteiger partial charge in [0, 0.05) is 23.3 Å². The van der Waals surface area contributed by atoms with Gasteiger partial charge in [-0.1, -0.05) is 19.9 Å². The molecule has 10 heteroatoms.